The van der Waals surface area contributed by atoms with Crippen LogP contribution in [0.2, 0.25) is 0 Å². The number of nitrogens with one attached hydrogen (secondary N) is 1. The summed E-state index contributed by atoms with van der Waals surface area (Å²) in [6.45, 7) is 5.50. The highest BCUT2D eigenvalue weighted by molar-refractivity contribution is 5.76. The molecule has 0 aliphatic carbocycles. The van der Waals surface area contributed by atoms with Crippen molar-refractivity contribution < 1.29 is 4.79 Å². The lowest BCUT2D eigenvalue weighted by Gasteiger charge is -2.44. The van der Waals surface area contributed by atoms with Crippen LogP contribution < -0.4 is 11.1 Å². The van der Waals surface area contributed by atoms with Crippen LogP contribution in [0.3, 0.4) is 0 Å². The van der Waals surface area contributed by atoms with Crippen molar-refractivity contribution in [2.24, 2.45) is 11.7 Å². The van der Waals surface area contributed by atoms with Crippen LogP contribution in [0, 0.1) is 5.92 Å². The van der Waals surface area contributed by atoms with Crippen molar-refractivity contribution in [2.75, 3.05) is 19.6 Å². The molecule has 0 saturated carbocycles. The summed E-state index contributed by atoms with van der Waals surface area (Å²) in [5.74, 6) is 0.932. The molecule has 0 radical (unpaired) electrons. The molecule has 98 valence electrons. The molecule has 4 nitrogen and oxygen atoms in total. The van der Waals surface area contributed by atoms with Crippen molar-refractivity contribution in [3.63, 3.8) is 0 Å². The molecular formula is C13H25N3O. The summed E-state index contributed by atoms with van der Waals surface area (Å²) in [7, 11) is 0. The number of nitrogens with zero attached hydrogens (tertiary/aromatic N) is 1. The molecule has 2 bridgehead atoms. The third kappa shape index (κ3) is 3.68. The molecule has 3 heterocycles. The number of carbonyl (C=O) groups is 1. The monoisotopic (exact) mass is 239 g/mol. The van der Waals surface area contributed by atoms with Gasteiger partial charge in [-0.05, 0) is 51.6 Å². The van der Waals surface area contributed by atoms with Gasteiger partial charge in [-0.1, -0.05) is 0 Å². The van der Waals surface area contributed by atoms with E-state index in [1.165, 1.54) is 25.9 Å². The van der Waals surface area contributed by atoms with Crippen LogP contribution in [0.1, 0.15) is 39.0 Å². The van der Waals surface area contributed by atoms with E-state index in [0.717, 1.165) is 25.3 Å². The zero-order chi connectivity index (χ0) is 12.3. The Morgan fingerprint density at radius 2 is 2.18 bits per heavy atom. The van der Waals surface area contributed by atoms with Crippen molar-refractivity contribution in [2.45, 2.75) is 51.1 Å². The van der Waals surface area contributed by atoms with Crippen LogP contribution >= 0.6 is 0 Å². The molecule has 3 aliphatic heterocycles. The topological polar surface area (TPSA) is 58.4 Å². The zero-order valence-corrected chi connectivity index (χ0v) is 10.8. The molecule has 3 rings (SSSR count). The van der Waals surface area contributed by atoms with E-state index in [1.807, 2.05) is 6.92 Å². The molecule has 17 heavy (non-hydrogen) atoms. The second-order valence-corrected chi connectivity index (χ2v) is 5.68. The lowest BCUT2D eigenvalue weighted by atomic mass is 9.84. The van der Waals surface area contributed by atoms with Crippen LogP contribution in [-0.2, 0) is 4.79 Å². The molecule has 0 spiro atoms. The minimum absolute atomic E-state index is 0.208. The summed E-state index contributed by atoms with van der Waals surface area (Å²) in [5, 5.41) is 3.20. The molecular weight excluding hydrogens is 214 g/mol. The second kappa shape index (κ2) is 5.83. The lowest BCUT2D eigenvalue weighted by molar-refractivity contribution is -0.123. The number of amides is 1. The molecule has 2 atom stereocenters. The highest BCUT2D eigenvalue weighted by Gasteiger charge is 2.34. The van der Waals surface area contributed by atoms with Crippen LogP contribution in [0.15, 0.2) is 0 Å². The Kier molecular flexibility index (Phi) is 4.40. The molecule has 4 heteroatoms. The van der Waals surface area contributed by atoms with Crippen molar-refractivity contribution >= 4 is 5.91 Å². The Labute approximate surface area is 104 Å². The van der Waals surface area contributed by atoms with Gasteiger partial charge in [0, 0.05) is 25.0 Å². The minimum atomic E-state index is 0.208. The number of piperidine rings is 3. The average Bonchev–Trinajstić information content (AvgIpc) is 2.30. The van der Waals surface area contributed by atoms with Crippen molar-refractivity contribution in [3.05, 3.63) is 0 Å². The van der Waals surface area contributed by atoms with Crippen LogP contribution in [-0.4, -0.2) is 42.5 Å². The second-order valence-electron chi connectivity index (χ2n) is 5.68. The third-order valence-corrected chi connectivity index (χ3v) is 4.07. The Bertz CT molecular complexity index is 259. The smallest absolute Gasteiger partial charge is 0.220 e. The molecule has 0 aromatic carbocycles. The molecule has 3 saturated heterocycles. The van der Waals surface area contributed by atoms with Crippen LogP contribution in [0.25, 0.3) is 0 Å². The summed E-state index contributed by atoms with van der Waals surface area (Å²) in [4.78, 5) is 14.3. The van der Waals surface area contributed by atoms with Gasteiger partial charge in [0.2, 0.25) is 5.91 Å². The van der Waals surface area contributed by atoms with E-state index in [0.29, 0.717) is 12.5 Å². The summed E-state index contributed by atoms with van der Waals surface area (Å²) in [6, 6.07) is 0.611. The van der Waals surface area contributed by atoms with E-state index in [4.69, 9.17) is 5.73 Å². The van der Waals surface area contributed by atoms with Gasteiger partial charge in [-0.15, -0.1) is 0 Å². The molecule has 3 N–H and O–H groups in total. The zero-order valence-electron chi connectivity index (χ0n) is 10.8. The standard InChI is InChI=1S/C13H25N3O/c1-10(14)3-2-4-13(17)15-12-9-16-7-5-11(12)6-8-16/h10-12H,2-9,14H2,1H3,(H,15,17). The fourth-order valence-corrected chi connectivity index (χ4v) is 2.99. The first-order valence-electron chi connectivity index (χ1n) is 6.92. The predicted octanol–water partition coefficient (Wildman–Crippen LogP) is 0.714. The predicted molar refractivity (Wildman–Crippen MR) is 68.6 cm³/mol. The van der Waals surface area contributed by atoms with Gasteiger partial charge in [0.1, 0.15) is 0 Å². The minimum Gasteiger partial charge on any atom is -0.352 e. The number of nitrogens with two attached hydrogens (primary N) is 1. The van der Waals surface area contributed by atoms with Gasteiger partial charge >= 0.3 is 0 Å². The van der Waals surface area contributed by atoms with Gasteiger partial charge < -0.3 is 16.0 Å². The maximum absolute atomic E-state index is 11.8. The molecule has 2 unspecified atom stereocenters. The Balaban J connectivity index is 1.68. The van der Waals surface area contributed by atoms with E-state index >= 15 is 0 Å². The number of carbonyl (C=O) groups excluding carboxylic acids is 1. The van der Waals surface area contributed by atoms with Crippen molar-refractivity contribution in [1.82, 2.24) is 10.2 Å². The van der Waals surface area contributed by atoms with Gasteiger partial charge in [-0.2, -0.15) is 0 Å². The maximum atomic E-state index is 11.8. The fraction of sp³-hybridized carbons (Fsp3) is 0.923. The fourth-order valence-electron chi connectivity index (χ4n) is 2.99. The summed E-state index contributed by atoms with van der Waals surface area (Å²) in [6.07, 6.45) is 4.98. The van der Waals surface area contributed by atoms with Gasteiger partial charge in [-0.25, -0.2) is 0 Å². The Hall–Kier alpha value is -0.610. The first-order valence-corrected chi connectivity index (χ1v) is 6.92. The lowest BCUT2D eigenvalue weighted by Crippen LogP contribution is -2.57. The first-order chi connectivity index (χ1) is 8.15. The van der Waals surface area contributed by atoms with Crippen molar-refractivity contribution in [3.8, 4) is 0 Å². The summed E-state index contributed by atoms with van der Waals surface area (Å²) in [5.41, 5.74) is 5.67. The SMILES string of the molecule is CC(N)CCCC(=O)NC1CN2CCC1CC2. The van der Waals surface area contributed by atoms with Crippen LogP contribution in [0.5, 0.6) is 0 Å². The van der Waals surface area contributed by atoms with E-state index in [1.54, 1.807) is 0 Å². The number of rotatable bonds is 5. The number of hydrogen-bond donors (Lipinski definition) is 2. The van der Waals surface area contributed by atoms with Crippen molar-refractivity contribution in [1.29, 1.82) is 0 Å². The molecule has 0 aromatic rings. The summed E-state index contributed by atoms with van der Waals surface area (Å²) >= 11 is 0. The van der Waals surface area contributed by atoms with Crippen LogP contribution in [0.4, 0.5) is 0 Å². The highest BCUT2D eigenvalue weighted by atomic mass is 16.1. The molecule has 1 amide bonds. The first kappa shape index (κ1) is 12.8. The average molecular weight is 239 g/mol. The van der Waals surface area contributed by atoms with Gasteiger partial charge in [-0.3, -0.25) is 4.79 Å². The molecule has 3 aliphatic rings. The van der Waals surface area contributed by atoms with Gasteiger partial charge in [0.15, 0.2) is 0 Å². The number of fused-ring (bicyclic) bond motifs is 3. The van der Waals surface area contributed by atoms with Gasteiger partial charge in [0.25, 0.3) is 0 Å². The van der Waals surface area contributed by atoms with E-state index in [9.17, 15) is 4.79 Å². The van der Waals surface area contributed by atoms with E-state index in [-0.39, 0.29) is 11.9 Å². The summed E-state index contributed by atoms with van der Waals surface area (Å²) < 4.78 is 0. The largest absolute Gasteiger partial charge is 0.352 e. The highest BCUT2D eigenvalue weighted by Crippen LogP contribution is 2.27. The quantitative estimate of drug-likeness (QED) is 0.743. The molecule has 0 aromatic heterocycles. The Morgan fingerprint density at radius 3 is 2.71 bits per heavy atom. The number of hydrogen-bond acceptors (Lipinski definition) is 3. The van der Waals surface area contributed by atoms with Gasteiger partial charge in [0.05, 0.1) is 0 Å². The Morgan fingerprint density at radius 1 is 1.47 bits per heavy atom. The third-order valence-electron chi connectivity index (χ3n) is 4.07. The normalized spacial score (nSPS) is 33.4. The maximum Gasteiger partial charge on any atom is 0.220 e. The van der Waals surface area contributed by atoms with E-state index in [2.05, 4.69) is 10.2 Å². The van der Waals surface area contributed by atoms with E-state index < -0.39 is 0 Å². The molecule has 3 fully saturated rings.